The van der Waals surface area contributed by atoms with Crippen LogP contribution in [0.4, 0.5) is 5.82 Å². The maximum atomic E-state index is 8.84. The molecule has 0 spiro atoms. The van der Waals surface area contributed by atoms with Crippen LogP contribution in [0.1, 0.15) is 11.7 Å². The zero-order valence-electron chi connectivity index (χ0n) is 10.1. The van der Waals surface area contributed by atoms with E-state index in [0.29, 0.717) is 24.7 Å². The summed E-state index contributed by atoms with van der Waals surface area (Å²) in [5, 5.41) is 19.9. The molecule has 2 aromatic rings. The summed E-state index contributed by atoms with van der Waals surface area (Å²) in [6.45, 7) is 1.15. The molecule has 1 aliphatic rings. The molecule has 3 rings (SSSR count). The number of ether oxygens (including phenoxy) is 1. The van der Waals surface area contributed by atoms with E-state index in [4.69, 9.17) is 10.00 Å². The molecule has 1 fully saturated rings. The van der Waals surface area contributed by atoms with Crippen molar-refractivity contribution in [2.75, 3.05) is 18.5 Å². The quantitative estimate of drug-likeness (QED) is 0.865. The van der Waals surface area contributed by atoms with Gasteiger partial charge in [-0.25, -0.2) is 9.67 Å². The van der Waals surface area contributed by atoms with Gasteiger partial charge in [0.25, 0.3) is 0 Å². The van der Waals surface area contributed by atoms with Gasteiger partial charge in [0, 0.05) is 6.20 Å². The molecule has 0 bridgehead atoms. The molecule has 0 saturated carbocycles. The van der Waals surface area contributed by atoms with Gasteiger partial charge in [-0.15, -0.1) is 5.10 Å². The Morgan fingerprint density at radius 3 is 3.16 bits per heavy atom. The van der Waals surface area contributed by atoms with Crippen molar-refractivity contribution in [1.82, 2.24) is 20.0 Å². The number of aromatic nitrogens is 4. The number of nitriles is 1. The molecule has 1 aliphatic heterocycles. The Bertz CT molecular complexity index is 591. The highest BCUT2D eigenvalue weighted by atomic mass is 16.5. The summed E-state index contributed by atoms with van der Waals surface area (Å²) in [7, 11) is 0. The van der Waals surface area contributed by atoms with Gasteiger partial charge in [0.15, 0.2) is 0 Å². The van der Waals surface area contributed by atoms with Crippen LogP contribution in [0.15, 0.2) is 30.6 Å². The maximum absolute atomic E-state index is 8.84. The lowest BCUT2D eigenvalue weighted by molar-refractivity contribution is 0.183. The van der Waals surface area contributed by atoms with Gasteiger partial charge in [-0.05, 0) is 12.1 Å². The second-order valence-corrected chi connectivity index (χ2v) is 4.26. The molecule has 1 N–H and O–H groups in total. The van der Waals surface area contributed by atoms with Crippen LogP contribution >= 0.6 is 0 Å². The molecule has 3 heterocycles. The molecule has 0 amide bonds. The summed E-state index contributed by atoms with van der Waals surface area (Å²) in [6.07, 6.45) is 3.46. The van der Waals surface area contributed by atoms with Crippen molar-refractivity contribution in [2.45, 2.75) is 12.1 Å². The van der Waals surface area contributed by atoms with Crippen LogP contribution in [0.3, 0.4) is 0 Å². The number of anilines is 1. The lowest BCUT2D eigenvalue weighted by Gasteiger charge is -2.19. The predicted octanol–water partition coefficient (Wildman–Crippen LogP) is 0.597. The monoisotopic (exact) mass is 256 g/mol. The van der Waals surface area contributed by atoms with Crippen molar-refractivity contribution < 1.29 is 4.74 Å². The minimum absolute atomic E-state index is 0.0585. The lowest BCUT2D eigenvalue weighted by atomic mass is 10.2. The minimum Gasteiger partial charge on any atom is -0.377 e. The van der Waals surface area contributed by atoms with E-state index < -0.39 is 0 Å². The first kappa shape index (κ1) is 11.6. The average Bonchev–Trinajstić information content (AvgIpc) is 3.09. The Morgan fingerprint density at radius 2 is 2.37 bits per heavy atom. The molecule has 19 heavy (non-hydrogen) atoms. The third-order valence-corrected chi connectivity index (χ3v) is 3.03. The summed E-state index contributed by atoms with van der Waals surface area (Å²) < 4.78 is 7.25. The van der Waals surface area contributed by atoms with E-state index in [-0.39, 0.29) is 12.1 Å². The molecule has 2 atom stereocenters. The highest BCUT2D eigenvalue weighted by molar-refractivity contribution is 5.39. The Hall–Kier alpha value is -2.46. The van der Waals surface area contributed by atoms with Crippen LogP contribution < -0.4 is 5.32 Å². The SMILES string of the molecule is N#Cc1cccc(N[C@H]2COC[C@H]2n2ccnn2)n1. The highest BCUT2D eigenvalue weighted by Crippen LogP contribution is 2.21. The van der Waals surface area contributed by atoms with Crippen molar-refractivity contribution in [3.63, 3.8) is 0 Å². The maximum Gasteiger partial charge on any atom is 0.142 e. The number of hydrogen-bond acceptors (Lipinski definition) is 6. The molecule has 0 unspecified atom stereocenters. The van der Waals surface area contributed by atoms with Crippen molar-refractivity contribution in [1.29, 1.82) is 5.26 Å². The van der Waals surface area contributed by atoms with Crippen LogP contribution in [0.5, 0.6) is 0 Å². The Labute approximate surface area is 109 Å². The fraction of sp³-hybridized carbons (Fsp3) is 0.333. The molecule has 0 radical (unpaired) electrons. The number of nitrogens with one attached hydrogen (secondary N) is 1. The molecule has 7 heteroatoms. The minimum atomic E-state index is 0.0585. The van der Waals surface area contributed by atoms with Crippen LogP contribution in [-0.2, 0) is 4.74 Å². The number of nitrogens with zero attached hydrogens (tertiary/aromatic N) is 5. The third kappa shape index (κ3) is 2.39. The van der Waals surface area contributed by atoms with Crippen molar-refractivity contribution >= 4 is 5.82 Å². The van der Waals surface area contributed by atoms with Gasteiger partial charge in [-0.2, -0.15) is 5.26 Å². The predicted molar refractivity (Wildman–Crippen MR) is 66.2 cm³/mol. The highest BCUT2D eigenvalue weighted by Gasteiger charge is 2.30. The lowest BCUT2D eigenvalue weighted by Crippen LogP contribution is -2.30. The molecular formula is C12H12N6O. The fourth-order valence-corrected chi connectivity index (χ4v) is 2.10. The zero-order chi connectivity index (χ0) is 13.1. The first-order valence-corrected chi connectivity index (χ1v) is 5.94. The van der Waals surface area contributed by atoms with Gasteiger partial charge in [-0.1, -0.05) is 11.3 Å². The van der Waals surface area contributed by atoms with E-state index >= 15 is 0 Å². The summed E-state index contributed by atoms with van der Waals surface area (Å²) in [4.78, 5) is 4.20. The van der Waals surface area contributed by atoms with E-state index in [9.17, 15) is 0 Å². The van der Waals surface area contributed by atoms with Crippen molar-refractivity contribution in [2.24, 2.45) is 0 Å². The first-order chi connectivity index (χ1) is 9.36. The third-order valence-electron chi connectivity index (χ3n) is 3.03. The number of hydrogen-bond donors (Lipinski definition) is 1. The second kappa shape index (κ2) is 5.04. The Kier molecular flexibility index (Phi) is 3.08. The van der Waals surface area contributed by atoms with E-state index in [2.05, 4.69) is 20.6 Å². The molecule has 96 valence electrons. The molecule has 1 saturated heterocycles. The van der Waals surface area contributed by atoms with Gasteiger partial charge in [-0.3, -0.25) is 0 Å². The first-order valence-electron chi connectivity index (χ1n) is 5.94. The van der Waals surface area contributed by atoms with E-state index in [1.807, 2.05) is 18.3 Å². The zero-order valence-corrected chi connectivity index (χ0v) is 10.1. The van der Waals surface area contributed by atoms with Gasteiger partial charge in [0.2, 0.25) is 0 Å². The molecular weight excluding hydrogens is 244 g/mol. The number of pyridine rings is 1. The van der Waals surface area contributed by atoms with E-state index in [1.54, 1.807) is 23.0 Å². The van der Waals surface area contributed by atoms with E-state index in [0.717, 1.165) is 0 Å². The topological polar surface area (TPSA) is 88.6 Å². The fourth-order valence-electron chi connectivity index (χ4n) is 2.10. The van der Waals surface area contributed by atoms with Crippen LogP contribution in [0.25, 0.3) is 0 Å². The molecule has 7 nitrogen and oxygen atoms in total. The summed E-state index contributed by atoms with van der Waals surface area (Å²) in [5.41, 5.74) is 0.390. The average molecular weight is 256 g/mol. The smallest absolute Gasteiger partial charge is 0.142 e. The second-order valence-electron chi connectivity index (χ2n) is 4.26. The Balaban J connectivity index is 1.77. The van der Waals surface area contributed by atoms with Crippen LogP contribution in [0, 0.1) is 11.3 Å². The summed E-state index contributed by atoms with van der Waals surface area (Å²) in [5.74, 6) is 0.666. The van der Waals surface area contributed by atoms with Gasteiger partial charge in [0.05, 0.1) is 31.5 Å². The van der Waals surface area contributed by atoms with Crippen LogP contribution in [-0.4, -0.2) is 39.2 Å². The van der Waals surface area contributed by atoms with Crippen LogP contribution in [0.2, 0.25) is 0 Å². The van der Waals surface area contributed by atoms with Gasteiger partial charge in [0.1, 0.15) is 17.6 Å². The van der Waals surface area contributed by atoms with Gasteiger partial charge < -0.3 is 10.1 Å². The normalized spacial score (nSPS) is 22.1. The summed E-state index contributed by atoms with van der Waals surface area (Å²) in [6, 6.07) is 7.46. The summed E-state index contributed by atoms with van der Waals surface area (Å²) >= 11 is 0. The molecule has 0 aromatic carbocycles. The van der Waals surface area contributed by atoms with Crippen molar-refractivity contribution in [3.8, 4) is 6.07 Å². The van der Waals surface area contributed by atoms with Crippen molar-refractivity contribution in [3.05, 3.63) is 36.3 Å². The molecule has 2 aromatic heterocycles. The molecule has 0 aliphatic carbocycles. The van der Waals surface area contributed by atoms with Gasteiger partial charge >= 0.3 is 0 Å². The van der Waals surface area contributed by atoms with E-state index in [1.165, 1.54) is 0 Å². The standard InChI is InChI=1S/C12H12N6O/c13-6-9-2-1-3-12(15-9)16-10-7-19-8-11(10)18-5-4-14-17-18/h1-5,10-11H,7-8H2,(H,15,16)/t10-,11+/m0/s1. The Morgan fingerprint density at radius 1 is 1.42 bits per heavy atom. The largest absolute Gasteiger partial charge is 0.377 e. The number of rotatable bonds is 3.